The second-order valence-corrected chi connectivity index (χ2v) is 6.54. The average Bonchev–Trinajstić information content (AvgIpc) is 2.93. The first-order valence-corrected chi connectivity index (χ1v) is 8.49. The third kappa shape index (κ3) is 3.04. The number of hydrogen-bond acceptors (Lipinski definition) is 1. The number of benzene rings is 2. The Kier molecular flexibility index (Phi) is 4.53. The second kappa shape index (κ2) is 6.59. The summed E-state index contributed by atoms with van der Waals surface area (Å²) in [6.07, 6.45) is 3.28. The van der Waals surface area contributed by atoms with Crippen molar-refractivity contribution in [1.29, 1.82) is 0 Å². The Labute approximate surface area is 138 Å². The maximum absolute atomic E-state index is 5.69. The molecule has 120 valence electrons. The number of aromatic amines is 1. The van der Waals surface area contributed by atoms with Gasteiger partial charge in [0, 0.05) is 16.6 Å². The number of H-pyrrole nitrogens is 1. The molecular formula is C21H26N2. The van der Waals surface area contributed by atoms with E-state index in [1.165, 1.54) is 44.4 Å². The lowest BCUT2D eigenvalue weighted by Crippen LogP contribution is -1.99. The van der Waals surface area contributed by atoms with E-state index in [1.807, 2.05) is 0 Å². The second-order valence-electron chi connectivity index (χ2n) is 6.54. The smallest absolute Gasteiger partial charge is 0.0497 e. The molecule has 2 aromatic carbocycles. The van der Waals surface area contributed by atoms with Gasteiger partial charge in [0.25, 0.3) is 0 Å². The monoisotopic (exact) mass is 306 g/mol. The van der Waals surface area contributed by atoms with E-state index in [-0.39, 0.29) is 0 Å². The van der Waals surface area contributed by atoms with Crippen molar-refractivity contribution in [3.05, 3.63) is 58.7 Å². The summed E-state index contributed by atoms with van der Waals surface area (Å²) in [6.45, 7) is 7.29. The summed E-state index contributed by atoms with van der Waals surface area (Å²) in [4.78, 5) is 3.70. The van der Waals surface area contributed by atoms with Crippen molar-refractivity contribution in [3.8, 4) is 11.3 Å². The number of aryl methyl sites for hydroxylation is 4. The Bertz CT molecular complexity index is 810. The van der Waals surface area contributed by atoms with Crippen molar-refractivity contribution in [2.45, 2.75) is 40.0 Å². The summed E-state index contributed by atoms with van der Waals surface area (Å²) in [5, 5.41) is 1.40. The average molecular weight is 306 g/mol. The van der Waals surface area contributed by atoms with Crippen LogP contribution >= 0.6 is 0 Å². The fourth-order valence-corrected chi connectivity index (χ4v) is 3.35. The normalized spacial score (nSPS) is 11.3. The molecule has 3 aromatic rings. The van der Waals surface area contributed by atoms with Crippen LogP contribution in [0.25, 0.3) is 22.2 Å². The van der Waals surface area contributed by atoms with E-state index in [0.717, 1.165) is 25.8 Å². The lowest BCUT2D eigenvalue weighted by molar-refractivity contribution is 0.748. The molecule has 0 atom stereocenters. The number of unbranched alkanes of at least 4 members (excludes halogenated alkanes) is 1. The van der Waals surface area contributed by atoms with Gasteiger partial charge in [0.05, 0.1) is 0 Å². The van der Waals surface area contributed by atoms with Crippen LogP contribution in [0.1, 0.15) is 35.1 Å². The fourth-order valence-electron chi connectivity index (χ4n) is 3.35. The molecule has 0 unspecified atom stereocenters. The third-order valence-electron chi connectivity index (χ3n) is 4.70. The minimum absolute atomic E-state index is 0.764. The molecule has 0 spiro atoms. The summed E-state index contributed by atoms with van der Waals surface area (Å²) in [7, 11) is 0. The molecular weight excluding hydrogens is 280 g/mol. The van der Waals surface area contributed by atoms with E-state index in [9.17, 15) is 0 Å². The van der Waals surface area contributed by atoms with Gasteiger partial charge in [-0.05, 0) is 68.8 Å². The largest absolute Gasteiger partial charge is 0.354 e. The number of aromatic nitrogens is 1. The van der Waals surface area contributed by atoms with Crippen LogP contribution in [-0.2, 0) is 6.42 Å². The molecule has 0 bridgehead atoms. The Balaban J connectivity index is 2.19. The van der Waals surface area contributed by atoms with Gasteiger partial charge in [-0.2, -0.15) is 0 Å². The molecule has 0 amide bonds. The first-order valence-electron chi connectivity index (χ1n) is 8.49. The molecule has 2 heteroatoms. The van der Waals surface area contributed by atoms with Gasteiger partial charge < -0.3 is 10.7 Å². The molecule has 2 nitrogen and oxygen atoms in total. The summed E-state index contributed by atoms with van der Waals surface area (Å²) in [6, 6.07) is 13.2. The topological polar surface area (TPSA) is 41.8 Å². The molecule has 0 radical (unpaired) electrons. The molecule has 1 heterocycles. The molecule has 0 aliphatic rings. The zero-order valence-corrected chi connectivity index (χ0v) is 14.4. The van der Waals surface area contributed by atoms with Gasteiger partial charge in [-0.3, -0.25) is 0 Å². The molecule has 0 fully saturated rings. The maximum Gasteiger partial charge on any atom is 0.0497 e. The van der Waals surface area contributed by atoms with Crippen LogP contribution in [0.5, 0.6) is 0 Å². The van der Waals surface area contributed by atoms with Gasteiger partial charge in [-0.25, -0.2) is 0 Å². The molecule has 0 saturated heterocycles. The van der Waals surface area contributed by atoms with Crippen LogP contribution in [0.2, 0.25) is 0 Å². The van der Waals surface area contributed by atoms with Crippen molar-refractivity contribution in [2.75, 3.05) is 6.54 Å². The molecule has 3 rings (SSSR count). The third-order valence-corrected chi connectivity index (χ3v) is 4.70. The number of nitrogens with two attached hydrogens (primary N) is 1. The van der Waals surface area contributed by atoms with E-state index in [1.54, 1.807) is 0 Å². The SMILES string of the molecule is Cc1ccc(-c2[nH]c3c(C)ccc(C)c3c2CCCCN)cc1. The molecule has 0 aliphatic carbocycles. The van der Waals surface area contributed by atoms with E-state index < -0.39 is 0 Å². The highest BCUT2D eigenvalue weighted by molar-refractivity contribution is 5.95. The highest BCUT2D eigenvalue weighted by atomic mass is 14.7. The summed E-state index contributed by atoms with van der Waals surface area (Å²) < 4.78 is 0. The summed E-state index contributed by atoms with van der Waals surface area (Å²) >= 11 is 0. The number of hydrogen-bond donors (Lipinski definition) is 2. The predicted molar refractivity (Wildman–Crippen MR) is 99.9 cm³/mol. The van der Waals surface area contributed by atoms with Crippen LogP contribution in [-0.4, -0.2) is 11.5 Å². The van der Waals surface area contributed by atoms with Crippen LogP contribution in [0.4, 0.5) is 0 Å². The molecule has 1 aromatic heterocycles. The van der Waals surface area contributed by atoms with Gasteiger partial charge in [-0.15, -0.1) is 0 Å². The highest BCUT2D eigenvalue weighted by Gasteiger charge is 2.15. The Hall–Kier alpha value is -2.06. The highest BCUT2D eigenvalue weighted by Crippen LogP contribution is 2.35. The minimum Gasteiger partial charge on any atom is -0.354 e. The molecule has 3 N–H and O–H groups in total. The molecule has 23 heavy (non-hydrogen) atoms. The summed E-state index contributed by atoms with van der Waals surface area (Å²) in [5.41, 5.74) is 14.9. The van der Waals surface area contributed by atoms with Crippen LogP contribution < -0.4 is 5.73 Å². The van der Waals surface area contributed by atoms with Gasteiger partial charge in [0.1, 0.15) is 0 Å². The predicted octanol–water partition coefficient (Wildman–Crippen LogP) is 5.04. The van der Waals surface area contributed by atoms with Crippen LogP contribution in [0.3, 0.4) is 0 Å². The quantitative estimate of drug-likeness (QED) is 0.637. The molecule has 0 aliphatic heterocycles. The Morgan fingerprint density at radius 2 is 1.57 bits per heavy atom. The van der Waals surface area contributed by atoms with Gasteiger partial charge in [0.15, 0.2) is 0 Å². The van der Waals surface area contributed by atoms with Crippen molar-refractivity contribution in [2.24, 2.45) is 5.73 Å². The summed E-state index contributed by atoms with van der Waals surface area (Å²) in [5.74, 6) is 0. The lowest BCUT2D eigenvalue weighted by atomic mass is 9.96. The Morgan fingerprint density at radius 3 is 2.26 bits per heavy atom. The van der Waals surface area contributed by atoms with Gasteiger partial charge in [-0.1, -0.05) is 42.0 Å². The van der Waals surface area contributed by atoms with E-state index in [4.69, 9.17) is 5.73 Å². The first kappa shape index (κ1) is 15.8. The van der Waals surface area contributed by atoms with Gasteiger partial charge >= 0.3 is 0 Å². The van der Waals surface area contributed by atoms with Crippen LogP contribution in [0, 0.1) is 20.8 Å². The zero-order valence-electron chi connectivity index (χ0n) is 14.4. The molecule has 0 saturated carbocycles. The van der Waals surface area contributed by atoms with E-state index in [0.29, 0.717) is 0 Å². The number of nitrogens with one attached hydrogen (secondary N) is 1. The van der Waals surface area contributed by atoms with Crippen LogP contribution in [0.15, 0.2) is 36.4 Å². The van der Waals surface area contributed by atoms with Gasteiger partial charge in [0.2, 0.25) is 0 Å². The standard InChI is InChI=1S/C21H26N2/c1-14-7-11-17(12-8-14)21-18(6-4-5-13-22)19-15(2)9-10-16(3)20(19)23-21/h7-12,23H,4-6,13,22H2,1-3H3. The lowest BCUT2D eigenvalue weighted by Gasteiger charge is -2.07. The zero-order chi connectivity index (χ0) is 16.4. The van der Waals surface area contributed by atoms with Crippen molar-refractivity contribution in [3.63, 3.8) is 0 Å². The Morgan fingerprint density at radius 1 is 0.870 bits per heavy atom. The van der Waals surface area contributed by atoms with E-state index in [2.05, 4.69) is 62.2 Å². The number of fused-ring (bicyclic) bond motifs is 1. The first-order chi connectivity index (χ1) is 11.1. The van der Waals surface area contributed by atoms with E-state index >= 15 is 0 Å². The van der Waals surface area contributed by atoms with Crippen molar-refractivity contribution in [1.82, 2.24) is 4.98 Å². The fraction of sp³-hybridized carbons (Fsp3) is 0.333. The minimum atomic E-state index is 0.764. The number of rotatable bonds is 5. The van der Waals surface area contributed by atoms with Crippen molar-refractivity contribution >= 4 is 10.9 Å². The van der Waals surface area contributed by atoms with Crippen molar-refractivity contribution < 1.29 is 0 Å². The maximum atomic E-state index is 5.69.